The smallest absolute Gasteiger partial charge is 0.129 e. The Labute approximate surface area is 109 Å². The van der Waals surface area contributed by atoms with Gasteiger partial charge in [0.25, 0.3) is 0 Å². The number of rotatable bonds is 9. The van der Waals surface area contributed by atoms with E-state index < -0.39 is 0 Å². The van der Waals surface area contributed by atoms with Crippen molar-refractivity contribution in [2.24, 2.45) is 0 Å². The summed E-state index contributed by atoms with van der Waals surface area (Å²) in [7, 11) is 1.86. The average Bonchev–Trinajstić information content (AvgIpc) is 2.29. The normalized spacial score (nSPS) is 10.5. The fourth-order valence-electron chi connectivity index (χ4n) is 1.48. The predicted molar refractivity (Wildman–Crippen MR) is 82.1 cm³/mol. The van der Waals surface area contributed by atoms with Crippen LogP contribution in [-0.2, 0) is 4.12 Å². The molecule has 2 nitrogen and oxygen atoms in total. The first kappa shape index (κ1) is 18.7. The van der Waals surface area contributed by atoms with Crippen molar-refractivity contribution in [1.82, 2.24) is 4.90 Å². The van der Waals surface area contributed by atoms with Crippen molar-refractivity contribution in [3.63, 3.8) is 0 Å². The first-order valence-corrected chi connectivity index (χ1v) is 8.52. The van der Waals surface area contributed by atoms with Gasteiger partial charge in [0.1, 0.15) is 21.0 Å². The highest BCUT2D eigenvalue weighted by Crippen LogP contribution is 2.01. The summed E-state index contributed by atoms with van der Waals surface area (Å²) in [5.74, 6) is 0. The second-order valence-corrected chi connectivity index (χ2v) is 7.58. The standard InChI is InChI=1S/C12H27N.H6OSi2/c1-4-7-10-13(11-8-5-2)12-9-6-3;2-1-3/h4-12H2,1-3H3;2-3H3. The minimum atomic E-state index is 0.931. The van der Waals surface area contributed by atoms with Crippen LogP contribution in [0.3, 0.4) is 0 Å². The van der Waals surface area contributed by atoms with E-state index >= 15 is 0 Å². The van der Waals surface area contributed by atoms with Crippen LogP contribution >= 0.6 is 0 Å². The molecule has 0 heterocycles. The molecule has 0 bridgehead atoms. The number of unbranched alkanes of at least 4 members (excludes halogenated alkanes) is 3. The molecule has 16 heavy (non-hydrogen) atoms. The maximum absolute atomic E-state index is 4.53. The average molecular weight is 264 g/mol. The largest absolute Gasteiger partial charge is 0.471 e. The van der Waals surface area contributed by atoms with Crippen molar-refractivity contribution in [1.29, 1.82) is 0 Å². The zero-order valence-electron chi connectivity index (χ0n) is 12.2. The van der Waals surface area contributed by atoms with Crippen molar-refractivity contribution < 1.29 is 4.12 Å². The Morgan fingerprint density at radius 3 is 1.19 bits per heavy atom. The molecule has 100 valence electrons. The van der Waals surface area contributed by atoms with Gasteiger partial charge in [0.2, 0.25) is 0 Å². The van der Waals surface area contributed by atoms with Crippen molar-refractivity contribution in [3.8, 4) is 0 Å². The van der Waals surface area contributed by atoms with Crippen LogP contribution in [-0.4, -0.2) is 45.5 Å². The molecule has 0 radical (unpaired) electrons. The van der Waals surface area contributed by atoms with Gasteiger partial charge < -0.3 is 9.02 Å². The first-order chi connectivity index (χ1) is 7.76. The summed E-state index contributed by atoms with van der Waals surface area (Å²) in [6.07, 6.45) is 8.09. The maximum atomic E-state index is 4.53. The van der Waals surface area contributed by atoms with Crippen molar-refractivity contribution >= 4 is 21.0 Å². The lowest BCUT2D eigenvalue weighted by Gasteiger charge is -2.21. The third kappa shape index (κ3) is 16.8. The molecule has 4 heteroatoms. The van der Waals surface area contributed by atoms with E-state index in [0.29, 0.717) is 0 Å². The summed E-state index contributed by atoms with van der Waals surface area (Å²) in [5.41, 5.74) is 0. The van der Waals surface area contributed by atoms with E-state index in [1.807, 2.05) is 0 Å². The van der Waals surface area contributed by atoms with Gasteiger partial charge in [0.05, 0.1) is 0 Å². The highest BCUT2D eigenvalue weighted by atomic mass is 28.3. The minimum Gasteiger partial charge on any atom is -0.471 e. The highest BCUT2D eigenvalue weighted by Gasteiger charge is 2.01. The molecule has 0 saturated heterocycles. The third-order valence-electron chi connectivity index (χ3n) is 2.48. The van der Waals surface area contributed by atoms with E-state index in [2.05, 4.69) is 29.8 Å². The van der Waals surface area contributed by atoms with Crippen LogP contribution < -0.4 is 0 Å². The lowest BCUT2D eigenvalue weighted by atomic mass is 10.2. The Morgan fingerprint density at radius 2 is 1.00 bits per heavy atom. The third-order valence-corrected chi connectivity index (χ3v) is 2.48. The van der Waals surface area contributed by atoms with Gasteiger partial charge in [-0.15, -0.1) is 0 Å². The van der Waals surface area contributed by atoms with E-state index in [-0.39, 0.29) is 0 Å². The van der Waals surface area contributed by atoms with Crippen molar-refractivity contribution in [2.45, 2.75) is 59.3 Å². The summed E-state index contributed by atoms with van der Waals surface area (Å²) >= 11 is 0. The second kappa shape index (κ2) is 17.7. The second-order valence-electron chi connectivity index (χ2n) is 4.31. The van der Waals surface area contributed by atoms with E-state index in [4.69, 9.17) is 0 Å². The summed E-state index contributed by atoms with van der Waals surface area (Å²) < 4.78 is 4.53. The fraction of sp³-hybridized carbons (Fsp3) is 1.00. The molecule has 0 N–H and O–H groups in total. The molecular formula is C12H33NOSi2. The molecule has 0 aromatic carbocycles. The minimum absolute atomic E-state index is 0.931. The van der Waals surface area contributed by atoms with Gasteiger partial charge in [0, 0.05) is 0 Å². The molecule has 0 atom stereocenters. The van der Waals surface area contributed by atoms with Crippen LogP contribution in [0.2, 0.25) is 0 Å². The Morgan fingerprint density at radius 1 is 0.750 bits per heavy atom. The predicted octanol–water partition coefficient (Wildman–Crippen LogP) is 1.25. The quantitative estimate of drug-likeness (QED) is 0.581. The number of hydrogen-bond acceptors (Lipinski definition) is 2. The molecule has 0 spiro atoms. The van der Waals surface area contributed by atoms with Crippen LogP contribution in [0.4, 0.5) is 0 Å². The van der Waals surface area contributed by atoms with E-state index in [9.17, 15) is 0 Å². The van der Waals surface area contributed by atoms with E-state index in [1.165, 1.54) is 58.2 Å². The van der Waals surface area contributed by atoms with Crippen LogP contribution in [0.5, 0.6) is 0 Å². The van der Waals surface area contributed by atoms with Crippen LogP contribution in [0.25, 0.3) is 0 Å². The summed E-state index contributed by atoms with van der Waals surface area (Å²) in [5, 5.41) is 0. The van der Waals surface area contributed by atoms with Gasteiger partial charge in [-0.25, -0.2) is 0 Å². The van der Waals surface area contributed by atoms with Gasteiger partial charge in [-0.1, -0.05) is 40.0 Å². The molecule has 0 fully saturated rings. The Hall–Kier alpha value is 0.354. The lowest BCUT2D eigenvalue weighted by Crippen LogP contribution is -2.27. The van der Waals surface area contributed by atoms with Crippen molar-refractivity contribution in [3.05, 3.63) is 0 Å². The Balaban J connectivity index is 0. The molecule has 0 rings (SSSR count). The van der Waals surface area contributed by atoms with Crippen LogP contribution in [0.1, 0.15) is 59.3 Å². The molecule has 0 amide bonds. The number of nitrogens with zero attached hydrogens (tertiary/aromatic N) is 1. The molecule has 0 aliphatic carbocycles. The summed E-state index contributed by atoms with van der Waals surface area (Å²) in [4.78, 5) is 2.64. The van der Waals surface area contributed by atoms with Gasteiger partial charge in [0.15, 0.2) is 0 Å². The van der Waals surface area contributed by atoms with Crippen LogP contribution in [0, 0.1) is 0 Å². The van der Waals surface area contributed by atoms with E-state index in [1.54, 1.807) is 0 Å². The molecule has 0 aliphatic rings. The fourth-order valence-corrected chi connectivity index (χ4v) is 1.48. The Bertz CT molecular complexity index is 96.2. The maximum Gasteiger partial charge on any atom is 0.129 e. The molecular weight excluding hydrogens is 230 g/mol. The Kier molecular flexibility index (Phi) is 20.7. The zero-order chi connectivity index (χ0) is 12.6. The summed E-state index contributed by atoms with van der Waals surface area (Å²) in [6.45, 7) is 10.8. The zero-order valence-corrected chi connectivity index (χ0v) is 16.2. The molecule has 0 saturated carbocycles. The first-order valence-electron chi connectivity index (χ1n) is 6.89. The topological polar surface area (TPSA) is 12.5 Å². The van der Waals surface area contributed by atoms with Gasteiger partial charge in [-0.2, -0.15) is 0 Å². The van der Waals surface area contributed by atoms with E-state index in [0.717, 1.165) is 21.0 Å². The van der Waals surface area contributed by atoms with Crippen LogP contribution in [0.15, 0.2) is 0 Å². The summed E-state index contributed by atoms with van der Waals surface area (Å²) in [6, 6.07) is 0. The number of hydrogen-bond donors (Lipinski definition) is 0. The molecule has 0 aromatic rings. The van der Waals surface area contributed by atoms with Gasteiger partial charge in [-0.3, -0.25) is 0 Å². The highest BCUT2D eigenvalue weighted by molar-refractivity contribution is 6.15. The van der Waals surface area contributed by atoms with Crippen molar-refractivity contribution in [2.75, 3.05) is 19.6 Å². The SMILES string of the molecule is CCCCN(CCCC)CCCC.[SiH3]O[SiH3]. The van der Waals surface area contributed by atoms with Gasteiger partial charge in [-0.05, 0) is 38.9 Å². The lowest BCUT2D eigenvalue weighted by molar-refractivity contribution is 0.261. The monoisotopic (exact) mass is 263 g/mol. The molecule has 0 aromatic heterocycles. The molecule has 0 aliphatic heterocycles. The van der Waals surface area contributed by atoms with Gasteiger partial charge >= 0.3 is 0 Å². The molecule has 0 unspecified atom stereocenters.